The first kappa shape index (κ1) is 16.2. The van der Waals surface area contributed by atoms with E-state index in [4.69, 9.17) is 15.0 Å². The quantitative estimate of drug-likeness (QED) is 0.246. The van der Waals surface area contributed by atoms with Gasteiger partial charge in [0, 0.05) is 13.7 Å². The summed E-state index contributed by atoms with van der Waals surface area (Å²) in [6.07, 6.45) is 1.41. The first-order valence-corrected chi connectivity index (χ1v) is 6.10. The van der Waals surface area contributed by atoms with Crippen molar-refractivity contribution in [3.05, 3.63) is 23.7 Å². The Morgan fingerprint density at radius 1 is 1.50 bits per heavy atom. The molecule has 112 valence electrons. The molecule has 0 radical (unpaired) electrons. The highest BCUT2D eigenvalue weighted by Gasteiger charge is 2.16. The summed E-state index contributed by atoms with van der Waals surface area (Å²) in [5.74, 6) is 4.99. The number of amides is 2. The van der Waals surface area contributed by atoms with Gasteiger partial charge in [-0.3, -0.25) is 19.9 Å². The van der Waals surface area contributed by atoms with Gasteiger partial charge in [0.05, 0.1) is 31.5 Å². The van der Waals surface area contributed by atoms with Crippen LogP contribution in [0, 0.1) is 0 Å². The van der Waals surface area contributed by atoms with Crippen molar-refractivity contribution < 1.29 is 18.7 Å². The molecular weight excluding hydrogens is 264 g/mol. The van der Waals surface area contributed by atoms with Crippen molar-refractivity contribution in [1.82, 2.24) is 15.6 Å². The van der Waals surface area contributed by atoms with Crippen molar-refractivity contribution in [1.29, 1.82) is 0 Å². The summed E-state index contributed by atoms with van der Waals surface area (Å²) in [4.78, 5) is 24.8. The third-order valence-electron chi connectivity index (χ3n) is 2.58. The molecule has 0 bridgehead atoms. The van der Waals surface area contributed by atoms with Crippen molar-refractivity contribution in [2.45, 2.75) is 6.54 Å². The summed E-state index contributed by atoms with van der Waals surface area (Å²) >= 11 is 0. The zero-order valence-corrected chi connectivity index (χ0v) is 11.6. The molecule has 1 rings (SSSR count). The lowest BCUT2D eigenvalue weighted by Crippen LogP contribution is -2.36. The van der Waals surface area contributed by atoms with E-state index >= 15 is 0 Å². The monoisotopic (exact) mass is 284 g/mol. The number of nitrogens with zero attached hydrogens (tertiary/aromatic N) is 1. The molecule has 2 amide bonds. The number of nitrogens with two attached hydrogens (primary N) is 1. The number of carbonyl (C=O) groups excluding carboxylic acids is 2. The van der Waals surface area contributed by atoms with Crippen LogP contribution < -0.4 is 16.6 Å². The summed E-state index contributed by atoms with van der Waals surface area (Å²) in [6.45, 7) is 1.45. The van der Waals surface area contributed by atoms with E-state index in [0.717, 1.165) is 0 Å². The minimum atomic E-state index is -0.424. The maximum Gasteiger partial charge on any atom is 0.268 e. The Kier molecular flexibility index (Phi) is 6.71. The molecule has 0 aliphatic carbocycles. The molecule has 0 aliphatic rings. The van der Waals surface area contributed by atoms with E-state index in [1.54, 1.807) is 19.1 Å². The highest BCUT2D eigenvalue weighted by atomic mass is 16.5. The first-order valence-electron chi connectivity index (χ1n) is 6.10. The van der Waals surface area contributed by atoms with Crippen molar-refractivity contribution in [3.8, 4) is 0 Å². The van der Waals surface area contributed by atoms with E-state index in [2.05, 4.69) is 5.32 Å². The van der Waals surface area contributed by atoms with E-state index in [9.17, 15) is 9.59 Å². The average molecular weight is 284 g/mol. The number of hydrogen-bond acceptors (Lipinski definition) is 6. The zero-order chi connectivity index (χ0) is 15.0. The third kappa shape index (κ3) is 5.00. The number of furan rings is 1. The standard InChI is InChI=1S/C12H20N4O4/c1-16(8-11(17)14-4-6-19-2)7-10-9(3-5-20-10)12(18)15-13/h3,5H,4,6-8,13H2,1-2H3,(H,14,17)(H,15,18). The van der Waals surface area contributed by atoms with Crippen LogP contribution in [0.15, 0.2) is 16.7 Å². The Morgan fingerprint density at radius 3 is 2.90 bits per heavy atom. The van der Waals surface area contributed by atoms with Gasteiger partial charge in [-0.05, 0) is 13.1 Å². The molecule has 1 aromatic rings. The molecule has 0 saturated heterocycles. The lowest BCUT2D eigenvalue weighted by atomic mass is 10.2. The summed E-state index contributed by atoms with van der Waals surface area (Å²) in [7, 11) is 3.32. The zero-order valence-electron chi connectivity index (χ0n) is 11.6. The predicted molar refractivity (Wildman–Crippen MR) is 71.6 cm³/mol. The van der Waals surface area contributed by atoms with Crippen LogP contribution in [0.2, 0.25) is 0 Å². The largest absolute Gasteiger partial charge is 0.467 e. The molecule has 1 heterocycles. The van der Waals surface area contributed by atoms with Crippen LogP contribution in [0.25, 0.3) is 0 Å². The van der Waals surface area contributed by atoms with Crippen LogP contribution in [-0.2, 0) is 16.1 Å². The second-order valence-corrected chi connectivity index (χ2v) is 4.25. The molecule has 0 saturated carbocycles. The molecule has 0 unspecified atom stereocenters. The van der Waals surface area contributed by atoms with Crippen molar-refractivity contribution >= 4 is 11.8 Å². The maximum atomic E-state index is 11.6. The fraction of sp³-hybridized carbons (Fsp3) is 0.500. The predicted octanol–water partition coefficient (Wildman–Crippen LogP) is -0.922. The van der Waals surface area contributed by atoms with Crippen LogP contribution in [-0.4, -0.2) is 50.6 Å². The Bertz CT molecular complexity index is 446. The number of nitrogen functional groups attached to an aromatic ring is 1. The highest BCUT2D eigenvalue weighted by Crippen LogP contribution is 2.12. The van der Waals surface area contributed by atoms with Gasteiger partial charge in [0.2, 0.25) is 5.91 Å². The van der Waals surface area contributed by atoms with E-state index in [1.807, 2.05) is 5.43 Å². The Morgan fingerprint density at radius 2 is 2.25 bits per heavy atom. The number of methoxy groups -OCH3 is 1. The van der Waals surface area contributed by atoms with Gasteiger partial charge in [0.15, 0.2) is 0 Å². The van der Waals surface area contributed by atoms with Gasteiger partial charge in [0.25, 0.3) is 5.91 Å². The number of likely N-dealkylation sites (N-methyl/N-ethyl adjacent to an activating group) is 1. The third-order valence-corrected chi connectivity index (χ3v) is 2.58. The average Bonchev–Trinajstić information content (AvgIpc) is 2.86. The fourth-order valence-corrected chi connectivity index (χ4v) is 1.64. The van der Waals surface area contributed by atoms with E-state index < -0.39 is 5.91 Å². The number of carbonyl (C=O) groups is 2. The number of rotatable bonds is 8. The van der Waals surface area contributed by atoms with Crippen LogP contribution in [0.4, 0.5) is 0 Å². The molecule has 8 nitrogen and oxygen atoms in total. The lowest BCUT2D eigenvalue weighted by molar-refractivity contribution is -0.122. The summed E-state index contributed by atoms with van der Waals surface area (Å²) in [5.41, 5.74) is 2.41. The van der Waals surface area contributed by atoms with Crippen molar-refractivity contribution in [2.24, 2.45) is 5.84 Å². The molecule has 0 spiro atoms. The normalized spacial score (nSPS) is 10.6. The number of ether oxygens (including phenoxy) is 1. The molecule has 0 aliphatic heterocycles. The molecule has 0 aromatic carbocycles. The van der Waals surface area contributed by atoms with Gasteiger partial charge < -0.3 is 14.5 Å². The van der Waals surface area contributed by atoms with E-state index in [1.165, 1.54) is 12.3 Å². The smallest absolute Gasteiger partial charge is 0.268 e. The minimum absolute atomic E-state index is 0.124. The number of hydrogen-bond donors (Lipinski definition) is 3. The first-order chi connectivity index (χ1) is 9.58. The van der Waals surface area contributed by atoms with Crippen LogP contribution in [0.5, 0.6) is 0 Å². The molecule has 4 N–H and O–H groups in total. The molecule has 0 fully saturated rings. The fourth-order valence-electron chi connectivity index (χ4n) is 1.64. The Balaban J connectivity index is 2.46. The molecule has 20 heavy (non-hydrogen) atoms. The van der Waals surface area contributed by atoms with E-state index in [0.29, 0.717) is 31.0 Å². The topological polar surface area (TPSA) is 110 Å². The van der Waals surface area contributed by atoms with Gasteiger partial charge in [-0.25, -0.2) is 5.84 Å². The summed E-state index contributed by atoms with van der Waals surface area (Å²) < 4.78 is 10.1. The Hall–Kier alpha value is -1.90. The minimum Gasteiger partial charge on any atom is -0.467 e. The molecular formula is C12H20N4O4. The maximum absolute atomic E-state index is 11.6. The molecule has 8 heteroatoms. The van der Waals surface area contributed by atoms with Crippen molar-refractivity contribution in [3.63, 3.8) is 0 Å². The van der Waals surface area contributed by atoms with E-state index in [-0.39, 0.29) is 12.5 Å². The van der Waals surface area contributed by atoms with Gasteiger partial charge in [-0.15, -0.1) is 0 Å². The second-order valence-electron chi connectivity index (χ2n) is 4.25. The molecule has 0 atom stereocenters. The number of hydrazine groups is 1. The highest BCUT2D eigenvalue weighted by molar-refractivity contribution is 5.94. The lowest BCUT2D eigenvalue weighted by Gasteiger charge is -2.15. The number of nitrogens with one attached hydrogen (secondary N) is 2. The van der Waals surface area contributed by atoms with Crippen LogP contribution in [0.1, 0.15) is 16.1 Å². The summed E-state index contributed by atoms with van der Waals surface area (Å²) in [5, 5.41) is 2.71. The second kappa shape index (κ2) is 8.31. The van der Waals surface area contributed by atoms with Crippen LogP contribution >= 0.6 is 0 Å². The van der Waals surface area contributed by atoms with Crippen molar-refractivity contribution in [2.75, 3.05) is 33.9 Å². The Labute approximate surface area is 117 Å². The summed E-state index contributed by atoms with van der Waals surface area (Å²) in [6, 6.07) is 1.53. The SMILES string of the molecule is COCCNC(=O)CN(C)Cc1occc1C(=O)NN. The van der Waals surface area contributed by atoms with Gasteiger partial charge in [-0.1, -0.05) is 0 Å². The van der Waals surface area contributed by atoms with Gasteiger partial charge in [0.1, 0.15) is 5.76 Å². The van der Waals surface area contributed by atoms with Gasteiger partial charge in [-0.2, -0.15) is 0 Å². The van der Waals surface area contributed by atoms with Crippen LogP contribution in [0.3, 0.4) is 0 Å². The van der Waals surface area contributed by atoms with Gasteiger partial charge >= 0.3 is 0 Å². The molecule has 1 aromatic heterocycles.